The van der Waals surface area contributed by atoms with Crippen molar-refractivity contribution in [2.45, 2.75) is 6.54 Å². The van der Waals surface area contributed by atoms with E-state index in [1.54, 1.807) is 6.07 Å². The number of hydrogen-bond donors (Lipinski definition) is 2. The molecular weight excluding hydrogens is 342 g/mol. The molecule has 0 heterocycles. The van der Waals surface area contributed by atoms with Crippen molar-refractivity contribution < 1.29 is 14.3 Å². The van der Waals surface area contributed by atoms with Gasteiger partial charge in [-0.3, -0.25) is 4.79 Å². The molecule has 25 heavy (non-hydrogen) atoms. The molecule has 132 valence electrons. The van der Waals surface area contributed by atoms with Crippen LogP contribution in [0.4, 0.5) is 11.4 Å². The van der Waals surface area contributed by atoms with Crippen molar-refractivity contribution in [1.82, 2.24) is 5.32 Å². The molecule has 6 nitrogen and oxygen atoms in total. The van der Waals surface area contributed by atoms with Crippen LogP contribution in [0.25, 0.3) is 0 Å². The first-order valence-corrected chi connectivity index (χ1v) is 7.99. The maximum absolute atomic E-state index is 12.0. The Morgan fingerprint density at radius 1 is 1.16 bits per heavy atom. The lowest BCUT2D eigenvalue weighted by molar-refractivity contribution is -0.124. The predicted molar refractivity (Wildman–Crippen MR) is 98.8 cm³/mol. The average Bonchev–Trinajstić information content (AvgIpc) is 2.60. The van der Waals surface area contributed by atoms with Crippen LogP contribution in [0.2, 0.25) is 5.02 Å². The summed E-state index contributed by atoms with van der Waals surface area (Å²) in [6.45, 7) is -0.0377. The SMILES string of the molecule is CN(C)c1ccc(CNC(=O)COC(=O)c2cc(Cl)ccc2N)cc1. The number of carbonyl (C=O) groups excluding carboxylic acids is 2. The number of nitrogen functional groups attached to an aromatic ring is 1. The molecule has 1 amide bonds. The summed E-state index contributed by atoms with van der Waals surface area (Å²) in [6, 6.07) is 12.3. The third kappa shape index (κ3) is 5.39. The van der Waals surface area contributed by atoms with E-state index < -0.39 is 11.9 Å². The summed E-state index contributed by atoms with van der Waals surface area (Å²) < 4.78 is 4.97. The highest BCUT2D eigenvalue weighted by Gasteiger charge is 2.13. The Labute approximate surface area is 151 Å². The molecule has 0 radical (unpaired) electrons. The summed E-state index contributed by atoms with van der Waals surface area (Å²) >= 11 is 5.83. The number of amides is 1. The molecule has 2 aromatic carbocycles. The topological polar surface area (TPSA) is 84.7 Å². The molecule has 0 unspecified atom stereocenters. The fourth-order valence-electron chi connectivity index (χ4n) is 2.08. The van der Waals surface area contributed by atoms with Gasteiger partial charge in [-0.25, -0.2) is 4.79 Å². The van der Waals surface area contributed by atoms with E-state index in [-0.39, 0.29) is 17.9 Å². The van der Waals surface area contributed by atoms with Gasteiger partial charge < -0.3 is 20.7 Å². The third-order valence-corrected chi connectivity index (χ3v) is 3.75. The van der Waals surface area contributed by atoms with Gasteiger partial charge in [-0.05, 0) is 35.9 Å². The highest BCUT2D eigenvalue weighted by molar-refractivity contribution is 6.31. The van der Waals surface area contributed by atoms with E-state index in [2.05, 4.69) is 5.32 Å². The second-order valence-corrected chi connectivity index (χ2v) is 6.08. The minimum atomic E-state index is -0.689. The first-order valence-electron chi connectivity index (χ1n) is 7.62. The van der Waals surface area contributed by atoms with Crippen LogP contribution in [0, 0.1) is 0 Å². The molecule has 0 spiro atoms. The molecule has 0 aliphatic heterocycles. The van der Waals surface area contributed by atoms with Crippen LogP contribution < -0.4 is 16.0 Å². The van der Waals surface area contributed by atoms with Gasteiger partial charge in [0.1, 0.15) is 0 Å². The third-order valence-electron chi connectivity index (χ3n) is 3.51. The number of nitrogens with two attached hydrogens (primary N) is 1. The molecule has 0 bridgehead atoms. The van der Waals surface area contributed by atoms with E-state index in [9.17, 15) is 9.59 Å². The summed E-state index contributed by atoms with van der Waals surface area (Å²) in [5.41, 5.74) is 8.11. The Morgan fingerprint density at radius 3 is 2.48 bits per heavy atom. The van der Waals surface area contributed by atoms with E-state index in [0.717, 1.165) is 11.3 Å². The number of hydrogen-bond acceptors (Lipinski definition) is 5. The van der Waals surface area contributed by atoms with E-state index in [1.165, 1.54) is 12.1 Å². The lowest BCUT2D eigenvalue weighted by atomic mass is 10.2. The van der Waals surface area contributed by atoms with Crippen LogP contribution in [0.15, 0.2) is 42.5 Å². The van der Waals surface area contributed by atoms with E-state index in [0.29, 0.717) is 11.6 Å². The number of ether oxygens (including phenoxy) is 1. The van der Waals surface area contributed by atoms with Gasteiger partial charge in [0, 0.05) is 37.0 Å². The predicted octanol–water partition coefficient (Wildman–Crippen LogP) is 2.46. The van der Waals surface area contributed by atoms with E-state index in [4.69, 9.17) is 22.1 Å². The number of nitrogens with zero attached hydrogens (tertiary/aromatic N) is 1. The molecule has 0 saturated heterocycles. The highest BCUT2D eigenvalue weighted by atomic mass is 35.5. The maximum Gasteiger partial charge on any atom is 0.340 e. The zero-order chi connectivity index (χ0) is 18.4. The Bertz CT molecular complexity index is 761. The molecule has 2 aromatic rings. The largest absolute Gasteiger partial charge is 0.452 e. The first-order chi connectivity index (χ1) is 11.9. The summed E-state index contributed by atoms with van der Waals surface area (Å²) in [6.07, 6.45) is 0. The van der Waals surface area contributed by atoms with Crippen molar-refractivity contribution in [2.24, 2.45) is 0 Å². The lowest BCUT2D eigenvalue weighted by Gasteiger charge is -2.13. The zero-order valence-corrected chi connectivity index (χ0v) is 14.8. The van der Waals surface area contributed by atoms with E-state index >= 15 is 0 Å². The number of carbonyl (C=O) groups is 2. The van der Waals surface area contributed by atoms with Crippen LogP contribution in [0.1, 0.15) is 15.9 Å². The number of halogens is 1. The standard InChI is InChI=1S/C18H20ClN3O3/c1-22(2)14-6-3-12(4-7-14)10-21-17(23)11-25-18(24)15-9-13(19)5-8-16(15)20/h3-9H,10-11,20H2,1-2H3,(H,21,23). The number of anilines is 2. The second-order valence-electron chi connectivity index (χ2n) is 5.65. The Hall–Kier alpha value is -2.73. The Balaban J connectivity index is 1.82. The summed E-state index contributed by atoms with van der Waals surface area (Å²) in [5, 5.41) is 3.06. The second kappa shape index (κ2) is 8.39. The van der Waals surface area contributed by atoms with Crippen molar-refractivity contribution >= 4 is 34.9 Å². The van der Waals surface area contributed by atoms with Crippen LogP contribution in [-0.4, -0.2) is 32.6 Å². The molecule has 7 heteroatoms. The van der Waals surface area contributed by atoms with Crippen LogP contribution in [-0.2, 0) is 16.1 Å². The number of nitrogens with one attached hydrogen (secondary N) is 1. The van der Waals surface area contributed by atoms with E-state index in [1.807, 2.05) is 43.3 Å². The quantitative estimate of drug-likeness (QED) is 0.610. The number of benzene rings is 2. The number of rotatable bonds is 6. The molecule has 0 fully saturated rings. The minimum Gasteiger partial charge on any atom is -0.452 e. The van der Waals surface area contributed by atoms with Gasteiger partial charge >= 0.3 is 5.97 Å². The van der Waals surface area contributed by atoms with Crippen LogP contribution >= 0.6 is 11.6 Å². The van der Waals surface area contributed by atoms with Gasteiger partial charge in [0.2, 0.25) is 0 Å². The molecule has 0 aliphatic rings. The number of esters is 1. The van der Waals surface area contributed by atoms with Gasteiger partial charge in [-0.2, -0.15) is 0 Å². The van der Waals surface area contributed by atoms with Gasteiger partial charge in [0.05, 0.1) is 5.56 Å². The molecule has 0 aromatic heterocycles. The average molecular weight is 362 g/mol. The highest BCUT2D eigenvalue weighted by Crippen LogP contribution is 2.18. The monoisotopic (exact) mass is 361 g/mol. The van der Waals surface area contributed by atoms with Crippen LogP contribution in [0.5, 0.6) is 0 Å². The van der Waals surface area contributed by atoms with Gasteiger partial charge in [-0.15, -0.1) is 0 Å². The van der Waals surface area contributed by atoms with Crippen molar-refractivity contribution in [1.29, 1.82) is 0 Å². The van der Waals surface area contributed by atoms with Gasteiger partial charge in [-0.1, -0.05) is 23.7 Å². The van der Waals surface area contributed by atoms with Crippen molar-refractivity contribution in [3.8, 4) is 0 Å². The van der Waals surface area contributed by atoms with Crippen molar-refractivity contribution in [3.05, 3.63) is 58.6 Å². The summed E-state index contributed by atoms with van der Waals surface area (Å²) in [4.78, 5) is 25.8. The molecule has 3 N–H and O–H groups in total. The summed E-state index contributed by atoms with van der Waals surface area (Å²) in [5.74, 6) is -1.09. The molecule has 0 saturated carbocycles. The molecule has 0 atom stereocenters. The van der Waals surface area contributed by atoms with Crippen molar-refractivity contribution in [2.75, 3.05) is 31.3 Å². The first kappa shape index (κ1) is 18.6. The van der Waals surface area contributed by atoms with Gasteiger partial charge in [0.25, 0.3) is 5.91 Å². The fourth-order valence-corrected chi connectivity index (χ4v) is 2.25. The molecule has 0 aliphatic carbocycles. The fraction of sp³-hybridized carbons (Fsp3) is 0.222. The normalized spacial score (nSPS) is 10.2. The van der Waals surface area contributed by atoms with Gasteiger partial charge in [0.15, 0.2) is 6.61 Å². The maximum atomic E-state index is 12.0. The zero-order valence-electron chi connectivity index (χ0n) is 14.1. The minimum absolute atomic E-state index is 0.138. The van der Waals surface area contributed by atoms with Crippen LogP contribution in [0.3, 0.4) is 0 Å². The Morgan fingerprint density at radius 2 is 1.84 bits per heavy atom. The molecular formula is C18H20ClN3O3. The van der Waals surface area contributed by atoms with Crippen molar-refractivity contribution in [3.63, 3.8) is 0 Å². The lowest BCUT2D eigenvalue weighted by Crippen LogP contribution is -2.28. The smallest absolute Gasteiger partial charge is 0.340 e. The summed E-state index contributed by atoms with van der Waals surface area (Å²) in [7, 11) is 3.91. The molecule has 2 rings (SSSR count). The Kier molecular flexibility index (Phi) is 6.25.